The molecular formula is C12H18N2S. The van der Waals surface area contributed by atoms with Crippen molar-refractivity contribution in [3.63, 3.8) is 0 Å². The fraction of sp³-hybridized carbons (Fsp3) is 0.583. The summed E-state index contributed by atoms with van der Waals surface area (Å²) in [5.41, 5.74) is 1.35. The summed E-state index contributed by atoms with van der Waals surface area (Å²) in [4.78, 5) is 6.17. The minimum Gasteiger partial charge on any atom is -0.308 e. The van der Waals surface area contributed by atoms with Crippen molar-refractivity contribution in [2.24, 2.45) is 0 Å². The zero-order valence-corrected chi connectivity index (χ0v) is 10.1. The van der Waals surface area contributed by atoms with Gasteiger partial charge >= 0.3 is 0 Å². The minimum absolute atomic E-state index is 0.501. The Kier molecular flexibility index (Phi) is 3.54. The lowest BCUT2D eigenvalue weighted by atomic mass is 10.2. The van der Waals surface area contributed by atoms with Crippen molar-refractivity contribution < 1.29 is 0 Å². The number of aromatic nitrogens is 1. The van der Waals surface area contributed by atoms with Crippen molar-refractivity contribution in [3.05, 3.63) is 28.2 Å². The molecule has 1 aliphatic rings. The Morgan fingerprint density at radius 3 is 3.20 bits per heavy atom. The molecule has 0 spiro atoms. The maximum absolute atomic E-state index is 4.65. The van der Waals surface area contributed by atoms with E-state index in [4.69, 9.17) is 0 Å². The third-order valence-corrected chi connectivity index (χ3v) is 3.92. The van der Waals surface area contributed by atoms with Gasteiger partial charge in [0.05, 0.1) is 5.69 Å². The van der Waals surface area contributed by atoms with Gasteiger partial charge in [-0.1, -0.05) is 6.08 Å². The maximum atomic E-state index is 4.65. The highest BCUT2D eigenvalue weighted by Crippen LogP contribution is 2.27. The van der Waals surface area contributed by atoms with Crippen LogP contribution < -0.4 is 5.32 Å². The largest absolute Gasteiger partial charge is 0.308 e. The van der Waals surface area contributed by atoms with Crippen LogP contribution in [0.25, 0.3) is 0 Å². The highest BCUT2D eigenvalue weighted by Gasteiger charge is 2.16. The molecule has 3 heteroatoms. The second kappa shape index (κ2) is 4.90. The van der Waals surface area contributed by atoms with Crippen molar-refractivity contribution in [3.8, 4) is 0 Å². The molecule has 0 saturated carbocycles. The molecule has 1 atom stereocenters. The molecule has 82 valence electrons. The molecule has 1 N–H and O–H groups in total. The number of hydrogen-bond donors (Lipinski definition) is 1. The molecular weight excluding hydrogens is 204 g/mol. The van der Waals surface area contributed by atoms with E-state index in [9.17, 15) is 0 Å². The van der Waals surface area contributed by atoms with E-state index in [1.54, 1.807) is 0 Å². The maximum Gasteiger partial charge on any atom is 0.107 e. The van der Waals surface area contributed by atoms with E-state index in [-0.39, 0.29) is 0 Å². The van der Waals surface area contributed by atoms with Crippen LogP contribution in [0.1, 0.15) is 35.3 Å². The standard InChI is InChI=1S/C12H18N2S/c1-3-5-9(2)13-8-12-14-10-6-4-7-11(10)15-12/h3,9,13H,1,4-8H2,2H3. The number of aryl methyl sites for hydroxylation is 2. The molecule has 1 aromatic rings. The Balaban J connectivity index is 1.86. The molecule has 0 fully saturated rings. The van der Waals surface area contributed by atoms with Gasteiger partial charge in [0.2, 0.25) is 0 Å². The smallest absolute Gasteiger partial charge is 0.107 e. The second-order valence-electron chi connectivity index (χ2n) is 4.14. The fourth-order valence-corrected chi connectivity index (χ4v) is 3.02. The van der Waals surface area contributed by atoms with Gasteiger partial charge in [-0.2, -0.15) is 0 Å². The predicted molar refractivity (Wildman–Crippen MR) is 65.3 cm³/mol. The van der Waals surface area contributed by atoms with Gasteiger partial charge in [0.1, 0.15) is 5.01 Å². The van der Waals surface area contributed by atoms with Crippen LogP contribution in [0, 0.1) is 0 Å². The molecule has 1 aliphatic carbocycles. The molecule has 0 aliphatic heterocycles. The summed E-state index contributed by atoms with van der Waals surface area (Å²) in [5.74, 6) is 0. The van der Waals surface area contributed by atoms with Gasteiger partial charge in [-0.3, -0.25) is 0 Å². The second-order valence-corrected chi connectivity index (χ2v) is 5.31. The molecule has 2 rings (SSSR count). The third kappa shape index (κ3) is 2.67. The van der Waals surface area contributed by atoms with E-state index in [1.807, 2.05) is 17.4 Å². The monoisotopic (exact) mass is 222 g/mol. The van der Waals surface area contributed by atoms with Gasteiger partial charge in [-0.25, -0.2) is 4.98 Å². The fourth-order valence-electron chi connectivity index (χ4n) is 1.91. The van der Waals surface area contributed by atoms with Crippen LogP contribution in [0.3, 0.4) is 0 Å². The van der Waals surface area contributed by atoms with Crippen LogP contribution in [0.2, 0.25) is 0 Å². The predicted octanol–water partition coefficient (Wildman–Crippen LogP) is 2.69. The summed E-state index contributed by atoms with van der Waals surface area (Å²) in [6.45, 7) is 6.84. The van der Waals surface area contributed by atoms with Crippen LogP contribution >= 0.6 is 11.3 Å². The van der Waals surface area contributed by atoms with Crippen molar-refractivity contribution >= 4 is 11.3 Å². The Morgan fingerprint density at radius 1 is 1.60 bits per heavy atom. The number of rotatable bonds is 5. The molecule has 15 heavy (non-hydrogen) atoms. The molecule has 0 saturated heterocycles. The van der Waals surface area contributed by atoms with E-state index in [0.717, 1.165) is 13.0 Å². The summed E-state index contributed by atoms with van der Waals surface area (Å²) in [5, 5.41) is 4.71. The Hall–Kier alpha value is -0.670. The van der Waals surface area contributed by atoms with E-state index in [0.29, 0.717) is 6.04 Å². The van der Waals surface area contributed by atoms with Crippen molar-refractivity contribution in [1.82, 2.24) is 10.3 Å². The quantitative estimate of drug-likeness (QED) is 0.775. The van der Waals surface area contributed by atoms with E-state index < -0.39 is 0 Å². The van der Waals surface area contributed by atoms with Crippen LogP contribution in [-0.2, 0) is 19.4 Å². The molecule has 0 bridgehead atoms. The number of nitrogens with one attached hydrogen (secondary N) is 1. The zero-order chi connectivity index (χ0) is 10.7. The van der Waals surface area contributed by atoms with Crippen LogP contribution in [0.5, 0.6) is 0 Å². The average Bonchev–Trinajstić information content (AvgIpc) is 2.74. The lowest BCUT2D eigenvalue weighted by Crippen LogP contribution is -2.24. The van der Waals surface area contributed by atoms with Crippen LogP contribution in [0.15, 0.2) is 12.7 Å². The molecule has 1 aromatic heterocycles. The van der Waals surface area contributed by atoms with Crippen LogP contribution in [0.4, 0.5) is 0 Å². The molecule has 0 radical (unpaired) electrons. The number of hydrogen-bond acceptors (Lipinski definition) is 3. The number of thiazole rings is 1. The molecule has 2 nitrogen and oxygen atoms in total. The highest BCUT2D eigenvalue weighted by atomic mass is 32.1. The topological polar surface area (TPSA) is 24.9 Å². The summed E-state index contributed by atoms with van der Waals surface area (Å²) < 4.78 is 0. The van der Waals surface area contributed by atoms with Gasteiger partial charge in [-0.15, -0.1) is 17.9 Å². The van der Waals surface area contributed by atoms with Gasteiger partial charge in [0.15, 0.2) is 0 Å². The zero-order valence-electron chi connectivity index (χ0n) is 9.25. The van der Waals surface area contributed by atoms with Crippen molar-refractivity contribution in [2.45, 2.75) is 45.2 Å². The first-order valence-electron chi connectivity index (χ1n) is 5.61. The van der Waals surface area contributed by atoms with Crippen LogP contribution in [-0.4, -0.2) is 11.0 Å². The summed E-state index contributed by atoms with van der Waals surface area (Å²) in [6.07, 6.45) is 6.71. The lowest BCUT2D eigenvalue weighted by Gasteiger charge is -2.09. The van der Waals surface area contributed by atoms with E-state index in [2.05, 4.69) is 23.8 Å². The molecule has 1 heterocycles. The Morgan fingerprint density at radius 2 is 2.47 bits per heavy atom. The average molecular weight is 222 g/mol. The molecule has 1 unspecified atom stereocenters. The first-order chi connectivity index (χ1) is 7.29. The first-order valence-corrected chi connectivity index (χ1v) is 6.43. The SMILES string of the molecule is C=CCC(C)NCc1nc2c(s1)CCC2. The molecule has 0 aromatic carbocycles. The van der Waals surface area contributed by atoms with E-state index >= 15 is 0 Å². The Labute approximate surface area is 95.4 Å². The van der Waals surface area contributed by atoms with Gasteiger partial charge < -0.3 is 5.32 Å². The number of fused-ring (bicyclic) bond motifs is 1. The van der Waals surface area contributed by atoms with Crippen molar-refractivity contribution in [1.29, 1.82) is 0 Å². The summed E-state index contributed by atoms with van der Waals surface area (Å²) >= 11 is 1.88. The van der Waals surface area contributed by atoms with Gasteiger partial charge in [0.25, 0.3) is 0 Å². The first kappa shape index (κ1) is 10.8. The third-order valence-electron chi connectivity index (χ3n) is 2.76. The van der Waals surface area contributed by atoms with Gasteiger partial charge in [0, 0.05) is 17.5 Å². The summed E-state index contributed by atoms with van der Waals surface area (Å²) in [6, 6.07) is 0.501. The number of nitrogens with zero attached hydrogens (tertiary/aromatic N) is 1. The van der Waals surface area contributed by atoms with E-state index in [1.165, 1.54) is 34.8 Å². The minimum atomic E-state index is 0.501. The molecule has 0 amide bonds. The van der Waals surface area contributed by atoms with Gasteiger partial charge in [-0.05, 0) is 32.6 Å². The highest BCUT2D eigenvalue weighted by molar-refractivity contribution is 7.11. The summed E-state index contributed by atoms with van der Waals surface area (Å²) in [7, 11) is 0. The normalized spacial score (nSPS) is 16.3. The van der Waals surface area contributed by atoms with Crippen molar-refractivity contribution in [2.75, 3.05) is 0 Å². The Bertz CT molecular complexity index is 322. The lowest BCUT2D eigenvalue weighted by molar-refractivity contribution is 0.552.